The Bertz CT molecular complexity index is 634. The molecule has 0 aliphatic carbocycles. The number of rotatable bonds is 2. The number of ether oxygens (including phenoxy) is 3. The van der Waals surface area contributed by atoms with Gasteiger partial charge in [-0.15, -0.1) is 0 Å². The Balaban J connectivity index is 2.29. The number of hydrogen-bond acceptors (Lipinski definition) is 5. The molecule has 0 heterocycles. The van der Waals surface area contributed by atoms with Gasteiger partial charge >= 0.3 is 12.3 Å². The second kappa shape index (κ2) is 5.26. The summed E-state index contributed by atoms with van der Waals surface area (Å²) in [5.41, 5.74) is 0. The van der Waals surface area contributed by atoms with E-state index in [2.05, 4.69) is 9.47 Å². The summed E-state index contributed by atoms with van der Waals surface area (Å²) in [6.07, 6.45) is -2.17. The zero-order valence-corrected chi connectivity index (χ0v) is 9.95. The molecule has 0 unspecified atom stereocenters. The molecule has 0 aromatic heterocycles. The van der Waals surface area contributed by atoms with Gasteiger partial charge in [0, 0.05) is 0 Å². The van der Waals surface area contributed by atoms with Gasteiger partial charge in [-0.1, -0.05) is 12.1 Å². The molecule has 0 amide bonds. The number of benzene rings is 2. The summed E-state index contributed by atoms with van der Waals surface area (Å²) in [5.74, 6) is 0.563. The number of carbonyl (C=O) groups is 2. The average Bonchev–Trinajstić information content (AvgIpc) is 2.38. The van der Waals surface area contributed by atoms with Crippen molar-refractivity contribution in [2.24, 2.45) is 0 Å². The fourth-order valence-electron chi connectivity index (χ4n) is 1.57. The van der Waals surface area contributed by atoms with Crippen LogP contribution in [0.4, 0.5) is 9.59 Å². The Morgan fingerprint density at radius 3 is 1.95 bits per heavy atom. The van der Waals surface area contributed by atoms with Crippen LogP contribution < -0.4 is 9.47 Å². The third kappa shape index (κ3) is 3.12. The van der Waals surface area contributed by atoms with Crippen LogP contribution in [0.1, 0.15) is 0 Å². The monoisotopic (exact) mass is 262 g/mol. The normalized spacial score (nSPS) is 9.95. The second-order valence-electron chi connectivity index (χ2n) is 3.59. The predicted octanol–water partition coefficient (Wildman–Crippen LogP) is 3.04. The zero-order chi connectivity index (χ0) is 13.8. The molecule has 2 rings (SSSR count). The van der Waals surface area contributed by atoms with Crippen LogP contribution in [0, 0.1) is 0 Å². The van der Waals surface area contributed by atoms with E-state index in [1.165, 1.54) is 13.2 Å². The van der Waals surface area contributed by atoms with E-state index < -0.39 is 12.3 Å². The molecule has 0 bridgehead atoms. The summed E-state index contributed by atoms with van der Waals surface area (Å²) in [6, 6.07) is 9.64. The fraction of sp³-hybridized carbons (Fsp3) is 0.0769. The summed E-state index contributed by atoms with van der Waals surface area (Å²) in [5, 5.41) is 10.1. The van der Waals surface area contributed by atoms with Crippen LogP contribution in [0.3, 0.4) is 0 Å². The second-order valence-corrected chi connectivity index (χ2v) is 3.59. The first-order valence-corrected chi connectivity index (χ1v) is 5.29. The molecule has 0 atom stereocenters. The first-order valence-electron chi connectivity index (χ1n) is 5.29. The topological polar surface area (TPSA) is 82.1 Å². The summed E-state index contributed by atoms with van der Waals surface area (Å²) in [4.78, 5) is 21.4. The first-order chi connectivity index (χ1) is 9.08. The lowest BCUT2D eigenvalue weighted by Gasteiger charge is -2.05. The van der Waals surface area contributed by atoms with Gasteiger partial charge in [0.15, 0.2) is 0 Å². The van der Waals surface area contributed by atoms with Crippen molar-refractivity contribution in [3.8, 4) is 11.5 Å². The lowest BCUT2D eigenvalue weighted by Crippen LogP contribution is -2.07. The maximum Gasteiger partial charge on any atom is 0.513 e. The van der Waals surface area contributed by atoms with E-state index in [0.717, 1.165) is 10.8 Å². The van der Waals surface area contributed by atoms with Gasteiger partial charge in [0.2, 0.25) is 0 Å². The van der Waals surface area contributed by atoms with Crippen LogP contribution in [0.5, 0.6) is 11.5 Å². The van der Waals surface area contributed by atoms with Crippen molar-refractivity contribution in [1.82, 2.24) is 0 Å². The van der Waals surface area contributed by atoms with Gasteiger partial charge in [0.1, 0.15) is 11.5 Å². The molecule has 19 heavy (non-hydrogen) atoms. The van der Waals surface area contributed by atoms with E-state index in [9.17, 15) is 9.59 Å². The van der Waals surface area contributed by atoms with E-state index >= 15 is 0 Å². The minimum Gasteiger partial charge on any atom is -0.449 e. The van der Waals surface area contributed by atoms with Crippen molar-refractivity contribution in [3.05, 3.63) is 36.4 Å². The smallest absolute Gasteiger partial charge is 0.449 e. The lowest BCUT2D eigenvalue weighted by molar-refractivity contribution is 0.121. The van der Waals surface area contributed by atoms with Crippen LogP contribution in [0.25, 0.3) is 10.8 Å². The fourth-order valence-corrected chi connectivity index (χ4v) is 1.57. The summed E-state index contributed by atoms with van der Waals surface area (Å²) < 4.78 is 13.8. The summed E-state index contributed by atoms with van der Waals surface area (Å²) in [6.45, 7) is 0. The molecule has 2 aromatic rings. The van der Waals surface area contributed by atoms with Crippen molar-refractivity contribution in [3.63, 3.8) is 0 Å². The van der Waals surface area contributed by atoms with Crippen LogP contribution in [-0.4, -0.2) is 24.5 Å². The van der Waals surface area contributed by atoms with Crippen molar-refractivity contribution in [2.75, 3.05) is 7.11 Å². The largest absolute Gasteiger partial charge is 0.513 e. The minimum absolute atomic E-state index is 0.224. The van der Waals surface area contributed by atoms with E-state index in [4.69, 9.17) is 9.84 Å². The number of carboxylic acid groups (broad SMARTS) is 1. The molecule has 0 aliphatic heterocycles. The third-order valence-corrected chi connectivity index (χ3v) is 2.36. The number of hydrogen-bond donors (Lipinski definition) is 1. The quantitative estimate of drug-likeness (QED) is 0.661. The third-order valence-electron chi connectivity index (χ3n) is 2.36. The van der Waals surface area contributed by atoms with Crippen molar-refractivity contribution < 1.29 is 28.9 Å². The Morgan fingerprint density at radius 1 is 0.947 bits per heavy atom. The molecule has 6 heteroatoms. The lowest BCUT2D eigenvalue weighted by atomic mass is 10.1. The Hall–Kier alpha value is -2.76. The van der Waals surface area contributed by atoms with Crippen LogP contribution >= 0.6 is 0 Å². The molecule has 1 N–H and O–H groups in total. The molecule has 6 nitrogen and oxygen atoms in total. The highest BCUT2D eigenvalue weighted by Gasteiger charge is 2.06. The van der Waals surface area contributed by atoms with Gasteiger partial charge in [-0.05, 0) is 35.0 Å². The SMILES string of the molecule is COC(=O)Oc1ccc2cc(OC(=O)O)ccc2c1. The number of fused-ring (bicyclic) bond motifs is 1. The molecular formula is C13H10O6. The molecule has 2 aromatic carbocycles. The van der Waals surface area contributed by atoms with Gasteiger partial charge in [0.25, 0.3) is 0 Å². The zero-order valence-electron chi connectivity index (χ0n) is 9.95. The highest BCUT2D eigenvalue weighted by atomic mass is 16.7. The number of methoxy groups -OCH3 is 1. The molecule has 0 saturated heterocycles. The summed E-state index contributed by atoms with van der Waals surface area (Å²) in [7, 11) is 1.22. The van der Waals surface area contributed by atoms with E-state index in [-0.39, 0.29) is 5.75 Å². The van der Waals surface area contributed by atoms with Gasteiger partial charge in [-0.3, -0.25) is 0 Å². The Kier molecular flexibility index (Phi) is 3.51. The van der Waals surface area contributed by atoms with Gasteiger partial charge < -0.3 is 19.3 Å². The molecule has 0 spiro atoms. The predicted molar refractivity (Wildman–Crippen MR) is 65.6 cm³/mol. The molecular weight excluding hydrogens is 252 g/mol. The van der Waals surface area contributed by atoms with Crippen LogP contribution in [0.2, 0.25) is 0 Å². The van der Waals surface area contributed by atoms with Crippen molar-refractivity contribution >= 4 is 23.1 Å². The maximum absolute atomic E-state index is 11.0. The van der Waals surface area contributed by atoms with Crippen molar-refractivity contribution in [2.45, 2.75) is 0 Å². The molecule has 0 aliphatic rings. The number of carbonyl (C=O) groups excluding carboxylic acids is 1. The van der Waals surface area contributed by atoms with Crippen LogP contribution in [0.15, 0.2) is 36.4 Å². The van der Waals surface area contributed by atoms with E-state index in [0.29, 0.717) is 5.75 Å². The van der Waals surface area contributed by atoms with Gasteiger partial charge in [-0.25, -0.2) is 9.59 Å². The van der Waals surface area contributed by atoms with Gasteiger partial charge in [-0.2, -0.15) is 0 Å². The Morgan fingerprint density at radius 2 is 1.47 bits per heavy atom. The van der Waals surface area contributed by atoms with Gasteiger partial charge in [0.05, 0.1) is 7.11 Å². The average molecular weight is 262 g/mol. The van der Waals surface area contributed by atoms with Crippen molar-refractivity contribution in [1.29, 1.82) is 0 Å². The van der Waals surface area contributed by atoms with E-state index in [1.54, 1.807) is 30.3 Å². The molecule has 0 fully saturated rings. The minimum atomic E-state index is -1.37. The van der Waals surface area contributed by atoms with E-state index in [1.807, 2.05) is 0 Å². The summed E-state index contributed by atoms with van der Waals surface area (Å²) >= 11 is 0. The maximum atomic E-state index is 11.0. The highest BCUT2D eigenvalue weighted by molar-refractivity contribution is 5.86. The molecule has 0 radical (unpaired) electrons. The molecule has 0 saturated carbocycles. The highest BCUT2D eigenvalue weighted by Crippen LogP contribution is 2.25. The molecule has 98 valence electrons. The van der Waals surface area contributed by atoms with Crippen LogP contribution in [-0.2, 0) is 4.74 Å². The Labute approximate surface area is 108 Å². The first kappa shape index (κ1) is 12.7. The standard InChI is InChI=1S/C13H10O6/c1-17-13(16)19-11-5-3-8-6-10(18-12(14)15)4-2-9(8)7-11/h2-7H,1H3,(H,14,15).